The molecular weight excluding hydrogens is 485 g/mol. The molecule has 0 fully saturated rings. The van der Waals surface area contributed by atoms with Gasteiger partial charge in [-0.15, -0.1) is 0 Å². The second-order valence-corrected chi connectivity index (χ2v) is 18.3. The van der Waals surface area contributed by atoms with Gasteiger partial charge in [-0.1, -0.05) is 225 Å². The number of allylic oxidation sites excluding steroid dienone is 2. The zero-order valence-corrected chi connectivity index (χ0v) is 29.3. The lowest BCUT2D eigenvalue weighted by Crippen LogP contribution is -2.33. The van der Waals surface area contributed by atoms with Crippen LogP contribution in [0, 0.1) is 0 Å². The SMILES string of the molecule is CCCCCCCCCCCC=CC[Si](CCCCCCCC)(CCCCCCCC)CCCCCCCC. The van der Waals surface area contributed by atoms with E-state index in [9.17, 15) is 0 Å². The zero-order valence-electron chi connectivity index (χ0n) is 28.3. The van der Waals surface area contributed by atoms with E-state index in [1.54, 1.807) is 18.1 Å². The summed E-state index contributed by atoms with van der Waals surface area (Å²) in [6, 6.07) is 6.39. The Morgan fingerprint density at radius 2 is 0.590 bits per heavy atom. The Bertz CT molecular complexity index is 427. The average molecular weight is 563 g/mol. The first-order valence-electron chi connectivity index (χ1n) is 18.9. The highest BCUT2D eigenvalue weighted by atomic mass is 28.3. The highest BCUT2D eigenvalue weighted by molar-refractivity contribution is 6.80. The first-order valence-corrected chi connectivity index (χ1v) is 21.7. The maximum atomic E-state index is 2.71. The first kappa shape index (κ1) is 39.0. The molecule has 234 valence electrons. The van der Waals surface area contributed by atoms with Crippen LogP contribution in [0.4, 0.5) is 0 Å². The summed E-state index contributed by atoms with van der Waals surface area (Å²) >= 11 is 0. The number of hydrogen-bond acceptors (Lipinski definition) is 0. The fourth-order valence-corrected chi connectivity index (χ4v) is 11.6. The third-order valence-corrected chi connectivity index (χ3v) is 14.7. The summed E-state index contributed by atoms with van der Waals surface area (Å²) in [4.78, 5) is 0. The molecule has 0 spiro atoms. The molecule has 0 amide bonds. The Kier molecular flexibility index (Phi) is 32.4. The van der Waals surface area contributed by atoms with Crippen molar-refractivity contribution in [3.8, 4) is 0 Å². The van der Waals surface area contributed by atoms with Crippen LogP contribution in [0.25, 0.3) is 0 Å². The molecule has 0 radical (unpaired) electrons. The van der Waals surface area contributed by atoms with E-state index in [1.807, 2.05) is 0 Å². The van der Waals surface area contributed by atoms with Crippen LogP contribution < -0.4 is 0 Å². The summed E-state index contributed by atoms with van der Waals surface area (Å²) in [7, 11) is -1.19. The Balaban J connectivity index is 4.74. The highest BCUT2D eigenvalue weighted by Gasteiger charge is 2.29. The summed E-state index contributed by atoms with van der Waals surface area (Å²) in [5.74, 6) is 0. The summed E-state index contributed by atoms with van der Waals surface area (Å²) < 4.78 is 0. The van der Waals surface area contributed by atoms with E-state index in [0.717, 1.165) is 0 Å². The predicted octanol–water partition coefficient (Wildman–Crippen LogP) is 15.0. The summed E-state index contributed by atoms with van der Waals surface area (Å²) in [5.41, 5.74) is 0. The third kappa shape index (κ3) is 27.9. The minimum atomic E-state index is -1.19. The van der Waals surface area contributed by atoms with Crippen molar-refractivity contribution in [2.75, 3.05) is 0 Å². The van der Waals surface area contributed by atoms with Gasteiger partial charge in [-0.3, -0.25) is 0 Å². The normalized spacial score (nSPS) is 12.2. The maximum absolute atomic E-state index is 2.71. The van der Waals surface area contributed by atoms with Crippen LogP contribution in [0.1, 0.15) is 207 Å². The van der Waals surface area contributed by atoms with Gasteiger partial charge < -0.3 is 0 Å². The van der Waals surface area contributed by atoms with Gasteiger partial charge in [-0.2, -0.15) is 0 Å². The van der Waals surface area contributed by atoms with Crippen molar-refractivity contribution in [2.45, 2.75) is 232 Å². The van der Waals surface area contributed by atoms with Gasteiger partial charge in [0.15, 0.2) is 0 Å². The summed E-state index contributed by atoms with van der Waals surface area (Å²) in [6.45, 7) is 9.36. The summed E-state index contributed by atoms with van der Waals surface area (Å²) in [6.07, 6.45) is 46.1. The quantitative estimate of drug-likeness (QED) is 0.0424. The molecule has 0 saturated carbocycles. The van der Waals surface area contributed by atoms with E-state index in [-0.39, 0.29) is 0 Å². The lowest BCUT2D eigenvalue weighted by molar-refractivity contribution is 0.566. The first-order chi connectivity index (χ1) is 19.2. The van der Waals surface area contributed by atoms with E-state index >= 15 is 0 Å². The van der Waals surface area contributed by atoms with E-state index in [0.29, 0.717) is 0 Å². The molecule has 0 rings (SSSR count). The van der Waals surface area contributed by atoms with Crippen LogP contribution in [-0.2, 0) is 0 Å². The molecule has 0 aliphatic carbocycles. The molecule has 0 nitrogen and oxygen atoms in total. The molecule has 0 aliphatic rings. The monoisotopic (exact) mass is 563 g/mol. The van der Waals surface area contributed by atoms with Gasteiger partial charge in [-0.25, -0.2) is 0 Å². The van der Waals surface area contributed by atoms with Gasteiger partial charge in [0.2, 0.25) is 0 Å². The van der Waals surface area contributed by atoms with Gasteiger partial charge in [0.25, 0.3) is 0 Å². The molecule has 0 saturated heterocycles. The molecular formula is C38H78Si. The number of hydrogen-bond donors (Lipinski definition) is 0. The minimum absolute atomic E-state index is 1.19. The van der Waals surface area contributed by atoms with Crippen LogP contribution in [0.2, 0.25) is 24.2 Å². The van der Waals surface area contributed by atoms with Gasteiger partial charge in [0.1, 0.15) is 0 Å². The molecule has 0 bridgehead atoms. The Hall–Kier alpha value is -0.0431. The molecule has 1 heteroatoms. The highest BCUT2D eigenvalue weighted by Crippen LogP contribution is 2.34. The Morgan fingerprint density at radius 1 is 0.308 bits per heavy atom. The lowest BCUT2D eigenvalue weighted by Gasteiger charge is -2.32. The van der Waals surface area contributed by atoms with E-state index < -0.39 is 8.07 Å². The van der Waals surface area contributed by atoms with Crippen molar-refractivity contribution in [3.05, 3.63) is 12.2 Å². The number of unbranched alkanes of at least 4 members (excludes halogenated alkanes) is 24. The molecule has 0 atom stereocenters. The van der Waals surface area contributed by atoms with E-state index in [1.165, 1.54) is 186 Å². The smallest absolute Gasteiger partial charge is 0.0573 e. The molecule has 0 N–H and O–H groups in total. The molecule has 39 heavy (non-hydrogen) atoms. The van der Waals surface area contributed by atoms with Crippen molar-refractivity contribution < 1.29 is 0 Å². The van der Waals surface area contributed by atoms with Crippen LogP contribution in [0.3, 0.4) is 0 Å². The fourth-order valence-electron chi connectivity index (χ4n) is 6.55. The largest absolute Gasteiger partial charge is 0.0912 e. The maximum Gasteiger partial charge on any atom is 0.0573 e. The third-order valence-electron chi connectivity index (χ3n) is 9.37. The van der Waals surface area contributed by atoms with Gasteiger partial charge in [0, 0.05) is 0 Å². The Labute approximate surface area is 251 Å². The minimum Gasteiger partial charge on any atom is -0.0912 e. The van der Waals surface area contributed by atoms with Gasteiger partial charge >= 0.3 is 0 Å². The fraction of sp³-hybridized carbons (Fsp3) is 0.947. The molecule has 0 aromatic heterocycles. The molecule has 0 aliphatic heterocycles. The second-order valence-electron chi connectivity index (χ2n) is 13.3. The molecule has 0 aromatic rings. The van der Waals surface area contributed by atoms with Gasteiger partial charge in [0.05, 0.1) is 8.07 Å². The zero-order chi connectivity index (χ0) is 28.5. The van der Waals surface area contributed by atoms with Crippen LogP contribution in [-0.4, -0.2) is 8.07 Å². The molecule has 0 unspecified atom stereocenters. The van der Waals surface area contributed by atoms with Crippen LogP contribution >= 0.6 is 0 Å². The van der Waals surface area contributed by atoms with Crippen molar-refractivity contribution in [3.63, 3.8) is 0 Å². The van der Waals surface area contributed by atoms with Crippen molar-refractivity contribution in [1.82, 2.24) is 0 Å². The topological polar surface area (TPSA) is 0 Å². The van der Waals surface area contributed by atoms with Crippen molar-refractivity contribution in [2.24, 2.45) is 0 Å². The van der Waals surface area contributed by atoms with E-state index in [4.69, 9.17) is 0 Å². The standard InChI is InChI=1S/C38H78Si/c1-5-9-13-17-21-22-23-24-25-26-30-34-38-39(35-31-27-18-14-10-6-2,36-32-28-19-15-11-7-3)37-33-29-20-16-12-8-4/h30,34H,5-29,31-33,35-38H2,1-4H3. The van der Waals surface area contributed by atoms with Gasteiger partial charge in [-0.05, 0) is 18.9 Å². The van der Waals surface area contributed by atoms with Crippen molar-refractivity contribution >= 4 is 8.07 Å². The lowest BCUT2D eigenvalue weighted by atomic mass is 10.1. The molecule has 0 heterocycles. The Morgan fingerprint density at radius 3 is 0.923 bits per heavy atom. The second kappa shape index (κ2) is 32.5. The predicted molar refractivity (Wildman–Crippen MR) is 186 cm³/mol. The molecule has 0 aromatic carbocycles. The van der Waals surface area contributed by atoms with Crippen LogP contribution in [0.5, 0.6) is 0 Å². The number of rotatable bonds is 33. The average Bonchev–Trinajstić information content (AvgIpc) is 2.95. The summed E-state index contributed by atoms with van der Waals surface area (Å²) in [5, 5.41) is 0. The van der Waals surface area contributed by atoms with Crippen LogP contribution in [0.15, 0.2) is 12.2 Å². The van der Waals surface area contributed by atoms with Crippen molar-refractivity contribution in [1.29, 1.82) is 0 Å². The van der Waals surface area contributed by atoms with E-state index in [2.05, 4.69) is 39.8 Å².